The Hall–Kier alpha value is -1.20. The molecule has 1 aromatic rings. The van der Waals surface area contributed by atoms with Gasteiger partial charge in [-0.05, 0) is 13.5 Å². The minimum atomic E-state index is 0.278. The standard InChI is InChI=1S/C12H19N5/c1-16-4-3-11-9(7-16)6-14-12(15-11)17-5-2-10(13)8-17/h6,10H,2-5,7-8,13H2,1H3/t10-/m1/s1. The van der Waals surface area contributed by atoms with E-state index in [0.29, 0.717) is 0 Å². The van der Waals surface area contributed by atoms with E-state index in [-0.39, 0.29) is 6.04 Å². The third kappa shape index (κ3) is 2.12. The minimum absolute atomic E-state index is 0.278. The molecule has 1 saturated heterocycles. The van der Waals surface area contributed by atoms with Gasteiger partial charge < -0.3 is 15.5 Å². The van der Waals surface area contributed by atoms with Crippen LogP contribution >= 0.6 is 0 Å². The fourth-order valence-corrected chi connectivity index (χ4v) is 2.57. The number of nitrogens with two attached hydrogens (primary N) is 1. The van der Waals surface area contributed by atoms with E-state index in [9.17, 15) is 0 Å². The molecule has 1 aromatic heterocycles. The summed E-state index contributed by atoms with van der Waals surface area (Å²) in [6.07, 6.45) is 4.06. The zero-order valence-corrected chi connectivity index (χ0v) is 10.3. The fraction of sp³-hybridized carbons (Fsp3) is 0.667. The highest BCUT2D eigenvalue weighted by molar-refractivity contribution is 5.35. The van der Waals surface area contributed by atoms with Gasteiger partial charge in [0.05, 0.1) is 5.69 Å². The maximum atomic E-state index is 5.91. The van der Waals surface area contributed by atoms with Gasteiger partial charge in [-0.25, -0.2) is 9.97 Å². The number of hydrogen-bond donors (Lipinski definition) is 1. The highest BCUT2D eigenvalue weighted by Gasteiger charge is 2.23. The number of aromatic nitrogens is 2. The van der Waals surface area contributed by atoms with Crippen LogP contribution in [0.2, 0.25) is 0 Å². The predicted octanol–water partition coefficient (Wildman–Crippen LogP) is 0.00190. The lowest BCUT2D eigenvalue weighted by Gasteiger charge is -2.25. The molecular weight excluding hydrogens is 214 g/mol. The zero-order chi connectivity index (χ0) is 11.8. The van der Waals surface area contributed by atoms with Crippen LogP contribution in [-0.4, -0.2) is 47.6 Å². The molecule has 3 heterocycles. The number of fused-ring (bicyclic) bond motifs is 1. The van der Waals surface area contributed by atoms with Gasteiger partial charge in [0.1, 0.15) is 0 Å². The Labute approximate surface area is 102 Å². The summed E-state index contributed by atoms with van der Waals surface area (Å²) in [6.45, 7) is 3.93. The Morgan fingerprint density at radius 2 is 2.29 bits per heavy atom. The third-order valence-electron chi connectivity index (χ3n) is 3.62. The van der Waals surface area contributed by atoms with Crippen LogP contribution in [0.3, 0.4) is 0 Å². The molecule has 0 amide bonds. The Morgan fingerprint density at radius 1 is 1.41 bits per heavy atom. The normalized spacial score (nSPS) is 25.1. The molecule has 1 atom stereocenters. The number of anilines is 1. The Morgan fingerprint density at radius 3 is 3.06 bits per heavy atom. The van der Waals surface area contributed by atoms with E-state index >= 15 is 0 Å². The van der Waals surface area contributed by atoms with Crippen molar-refractivity contribution in [3.8, 4) is 0 Å². The molecule has 92 valence electrons. The first-order valence-corrected chi connectivity index (χ1v) is 6.26. The molecule has 2 aliphatic rings. The van der Waals surface area contributed by atoms with Crippen molar-refractivity contribution in [3.63, 3.8) is 0 Å². The van der Waals surface area contributed by atoms with Gasteiger partial charge in [-0.1, -0.05) is 0 Å². The van der Waals surface area contributed by atoms with Crippen molar-refractivity contribution in [1.29, 1.82) is 0 Å². The number of hydrogen-bond acceptors (Lipinski definition) is 5. The minimum Gasteiger partial charge on any atom is -0.339 e. The van der Waals surface area contributed by atoms with Gasteiger partial charge in [0.15, 0.2) is 0 Å². The molecule has 5 nitrogen and oxygen atoms in total. The molecule has 1 fully saturated rings. The molecule has 0 unspecified atom stereocenters. The second-order valence-corrected chi connectivity index (χ2v) is 5.12. The van der Waals surface area contributed by atoms with Crippen molar-refractivity contribution in [2.75, 3.05) is 31.6 Å². The predicted molar refractivity (Wildman–Crippen MR) is 66.9 cm³/mol. The first-order valence-electron chi connectivity index (χ1n) is 6.26. The Bertz CT molecular complexity index is 419. The fourth-order valence-electron chi connectivity index (χ4n) is 2.57. The summed E-state index contributed by atoms with van der Waals surface area (Å²) in [5, 5.41) is 0. The number of likely N-dealkylation sites (N-methyl/N-ethyl adjacent to an activating group) is 1. The third-order valence-corrected chi connectivity index (χ3v) is 3.62. The Balaban J connectivity index is 1.83. The molecule has 0 aromatic carbocycles. The lowest BCUT2D eigenvalue weighted by Crippen LogP contribution is -2.30. The second-order valence-electron chi connectivity index (χ2n) is 5.12. The summed E-state index contributed by atoms with van der Waals surface area (Å²) in [7, 11) is 2.14. The van der Waals surface area contributed by atoms with E-state index in [1.54, 1.807) is 0 Å². The second kappa shape index (κ2) is 4.23. The first-order chi connectivity index (χ1) is 8.22. The van der Waals surface area contributed by atoms with Crippen LogP contribution in [0, 0.1) is 0 Å². The number of nitrogens with zero attached hydrogens (tertiary/aromatic N) is 4. The van der Waals surface area contributed by atoms with E-state index in [1.807, 2.05) is 6.20 Å². The first kappa shape index (κ1) is 10.9. The van der Waals surface area contributed by atoms with Crippen molar-refractivity contribution in [1.82, 2.24) is 14.9 Å². The van der Waals surface area contributed by atoms with Crippen molar-refractivity contribution < 1.29 is 0 Å². The lowest BCUT2D eigenvalue weighted by molar-refractivity contribution is 0.309. The van der Waals surface area contributed by atoms with E-state index in [2.05, 4.69) is 21.8 Å². The van der Waals surface area contributed by atoms with Crippen LogP contribution < -0.4 is 10.6 Å². The maximum Gasteiger partial charge on any atom is 0.225 e. The van der Waals surface area contributed by atoms with E-state index in [1.165, 1.54) is 11.3 Å². The monoisotopic (exact) mass is 233 g/mol. The van der Waals surface area contributed by atoms with Gasteiger partial charge in [0.2, 0.25) is 5.95 Å². The molecule has 5 heteroatoms. The smallest absolute Gasteiger partial charge is 0.225 e. The largest absolute Gasteiger partial charge is 0.339 e. The number of rotatable bonds is 1. The molecule has 0 bridgehead atoms. The van der Waals surface area contributed by atoms with Crippen LogP contribution in [0.15, 0.2) is 6.20 Å². The summed E-state index contributed by atoms with van der Waals surface area (Å²) >= 11 is 0. The molecule has 0 radical (unpaired) electrons. The van der Waals surface area contributed by atoms with Crippen molar-refractivity contribution >= 4 is 5.95 Å². The summed E-state index contributed by atoms with van der Waals surface area (Å²) in [5.41, 5.74) is 8.40. The molecule has 0 saturated carbocycles. The maximum absolute atomic E-state index is 5.91. The molecule has 0 spiro atoms. The van der Waals surface area contributed by atoms with Crippen molar-refractivity contribution in [3.05, 3.63) is 17.5 Å². The van der Waals surface area contributed by atoms with Gasteiger partial charge in [-0.3, -0.25) is 0 Å². The van der Waals surface area contributed by atoms with Gasteiger partial charge in [0, 0.05) is 50.4 Å². The van der Waals surface area contributed by atoms with Crippen LogP contribution in [0.5, 0.6) is 0 Å². The summed E-state index contributed by atoms with van der Waals surface area (Å²) in [5.74, 6) is 0.862. The van der Waals surface area contributed by atoms with Gasteiger partial charge in [0.25, 0.3) is 0 Å². The lowest BCUT2D eigenvalue weighted by atomic mass is 10.1. The topological polar surface area (TPSA) is 58.3 Å². The average molecular weight is 233 g/mol. The molecule has 3 rings (SSSR count). The summed E-state index contributed by atoms with van der Waals surface area (Å²) < 4.78 is 0. The molecular formula is C12H19N5. The van der Waals surface area contributed by atoms with Crippen LogP contribution in [-0.2, 0) is 13.0 Å². The van der Waals surface area contributed by atoms with Gasteiger partial charge in [-0.2, -0.15) is 0 Å². The van der Waals surface area contributed by atoms with Crippen molar-refractivity contribution in [2.24, 2.45) is 5.73 Å². The highest BCUT2D eigenvalue weighted by atomic mass is 15.3. The molecule has 2 N–H and O–H groups in total. The van der Waals surface area contributed by atoms with Crippen LogP contribution in [0.1, 0.15) is 17.7 Å². The molecule has 0 aliphatic carbocycles. The summed E-state index contributed by atoms with van der Waals surface area (Å²) in [6, 6.07) is 0.278. The zero-order valence-electron chi connectivity index (χ0n) is 10.3. The highest BCUT2D eigenvalue weighted by Crippen LogP contribution is 2.20. The Kier molecular flexibility index (Phi) is 2.72. The SMILES string of the molecule is CN1CCc2nc(N3CC[C@@H](N)C3)ncc2C1. The van der Waals surface area contributed by atoms with E-state index in [0.717, 1.165) is 45.0 Å². The quantitative estimate of drug-likeness (QED) is 0.740. The van der Waals surface area contributed by atoms with Gasteiger partial charge in [-0.15, -0.1) is 0 Å². The van der Waals surface area contributed by atoms with Crippen molar-refractivity contribution in [2.45, 2.75) is 25.4 Å². The van der Waals surface area contributed by atoms with Crippen LogP contribution in [0.25, 0.3) is 0 Å². The van der Waals surface area contributed by atoms with E-state index < -0.39 is 0 Å². The van der Waals surface area contributed by atoms with Crippen LogP contribution in [0.4, 0.5) is 5.95 Å². The molecule has 2 aliphatic heterocycles. The average Bonchev–Trinajstić information content (AvgIpc) is 2.75. The summed E-state index contributed by atoms with van der Waals surface area (Å²) in [4.78, 5) is 13.7. The molecule has 17 heavy (non-hydrogen) atoms. The van der Waals surface area contributed by atoms with E-state index in [4.69, 9.17) is 10.7 Å². The van der Waals surface area contributed by atoms with Gasteiger partial charge >= 0.3 is 0 Å².